The molecule has 1 aromatic carbocycles. The molecular formula is C17H25N3O4. The number of hydrogen-bond donors (Lipinski definition) is 1. The molecular weight excluding hydrogens is 310 g/mol. The Morgan fingerprint density at radius 3 is 2.12 bits per heavy atom. The molecule has 0 spiro atoms. The zero-order chi connectivity index (χ0) is 17.9. The smallest absolute Gasteiger partial charge is 0.257 e. The number of ether oxygens (including phenoxy) is 2. The van der Waals surface area contributed by atoms with Crippen LogP contribution >= 0.6 is 0 Å². The maximum atomic E-state index is 12.7. The fourth-order valence-electron chi connectivity index (χ4n) is 2.67. The highest BCUT2D eigenvalue weighted by atomic mass is 16.5. The van der Waals surface area contributed by atoms with Crippen molar-refractivity contribution in [1.29, 1.82) is 0 Å². The van der Waals surface area contributed by atoms with Crippen LogP contribution in [0.15, 0.2) is 18.2 Å². The maximum Gasteiger partial charge on any atom is 0.257 e. The van der Waals surface area contributed by atoms with Crippen molar-refractivity contribution in [3.8, 4) is 11.5 Å². The summed E-state index contributed by atoms with van der Waals surface area (Å²) in [6.45, 7) is 5.27. The molecule has 7 heteroatoms. The second kappa shape index (κ2) is 7.09. The molecule has 1 aliphatic rings. The summed E-state index contributed by atoms with van der Waals surface area (Å²) in [7, 11) is 3.08. The van der Waals surface area contributed by atoms with E-state index in [1.807, 2.05) is 0 Å². The number of rotatable bonds is 4. The normalized spacial score (nSPS) is 15.2. The van der Waals surface area contributed by atoms with Crippen LogP contribution in [-0.4, -0.2) is 67.6 Å². The van der Waals surface area contributed by atoms with Crippen LogP contribution in [0.5, 0.6) is 11.5 Å². The third kappa shape index (κ3) is 3.79. The summed E-state index contributed by atoms with van der Waals surface area (Å²) < 4.78 is 10.4. The molecule has 0 radical (unpaired) electrons. The molecule has 0 atom stereocenters. The predicted octanol–water partition coefficient (Wildman–Crippen LogP) is 0.726. The van der Waals surface area contributed by atoms with Gasteiger partial charge < -0.3 is 25.0 Å². The number of amides is 2. The minimum absolute atomic E-state index is 0.100. The molecule has 2 N–H and O–H groups in total. The number of nitrogens with two attached hydrogens (primary N) is 1. The molecule has 1 saturated heterocycles. The summed E-state index contributed by atoms with van der Waals surface area (Å²) in [4.78, 5) is 28.4. The molecule has 1 heterocycles. The highest BCUT2D eigenvalue weighted by molar-refractivity contribution is 5.97. The first-order chi connectivity index (χ1) is 11.3. The van der Waals surface area contributed by atoms with Crippen LogP contribution in [0.1, 0.15) is 24.2 Å². The molecule has 2 amide bonds. The van der Waals surface area contributed by atoms with E-state index < -0.39 is 5.54 Å². The van der Waals surface area contributed by atoms with Crippen molar-refractivity contribution in [3.05, 3.63) is 23.8 Å². The van der Waals surface area contributed by atoms with E-state index >= 15 is 0 Å². The Morgan fingerprint density at radius 2 is 1.62 bits per heavy atom. The molecule has 0 bridgehead atoms. The third-order valence-corrected chi connectivity index (χ3v) is 4.04. The van der Waals surface area contributed by atoms with Crippen molar-refractivity contribution in [3.63, 3.8) is 0 Å². The van der Waals surface area contributed by atoms with Gasteiger partial charge in [-0.25, -0.2) is 0 Å². The Hall–Kier alpha value is -2.28. The summed E-state index contributed by atoms with van der Waals surface area (Å²) in [5, 5.41) is 0. The number of carbonyl (C=O) groups excluding carboxylic acids is 2. The Bertz CT molecular complexity index is 617. The van der Waals surface area contributed by atoms with Crippen LogP contribution in [0.3, 0.4) is 0 Å². The number of hydrogen-bond acceptors (Lipinski definition) is 5. The van der Waals surface area contributed by atoms with Gasteiger partial charge in [0, 0.05) is 32.2 Å². The van der Waals surface area contributed by atoms with Crippen LogP contribution < -0.4 is 15.2 Å². The first-order valence-electron chi connectivity index (χ1n) is 7.87. The number of carbonyl (C=O) groups is 2. The average Bonchev–Trinajstić information content (AvgIpc) is 2.59. The molecule has 1 aromatic rings. The number of benzene rings is 1. The standard InChI is InChI=1S/C17H25N3O4/c1-17(2,18)16(22)20-9-7-19(8-10-20)15(21)13-6-5-12(23-3)11-14(13)24-4/h5-6,11H,7-10,18H2,1-4H3. The lowest BCUT2D eigenvalue weighted by atomic mass is 10.0. The van der Waals surface area contributed by atoms with Gasteiger partial charge in [-0.3, -0.25) is 9.59 Å². The fourth-order valence-corrected chi connectivity index (χ4v) is 2.67. The van der Waals surface area contributed by atoms with Crippen LogP contribution in [0.25, 0.3) is 0 Å². The van der Waals surface area contributed by atoms with Crippen LogP contribution in [0.4, 0.5) is 0 Å². The van der Waals surface area contributed by atoms with Crippen molar-refractivity contribution >= 4 is 11.8 Å². The van der Waals surface area contributed by atoms with Gasteiger partial charge in [0.15, 0.2) is 0 Å². The first-order valence-corrected chi connectivity index (χ1v) is 7.87. The summed E-state index contributed by atoms with van der Waals surface area (Å²) >= 11 is 0. The van der Waals surface area contributed by atoms with E-state index in [1.54, 1.807) is 49.0 Å². The van der Waals surface area contributed by atoms with E-state index in [0.29, 0.717) is 43.2 Å². The van der Waals surface area contributed by atoms with E-state index in [4.69, 9.17) is 15.2 Å². The molecule has 0 saturated carbocycles. The second-order valence-corrected chi connectivity index (χ2v) is 6.37. The van der Waals surface area contributed by atoms with Gasteiger partial charge in [0.25, 0.3) is 5.91 Å². The van der Waals surface area contributed by atoms with E-state index in [1.165, 1.54) is 7.11 Å². The largest absolute Gasteiger partial charge is 0.497 e. The van der Waals surface area contributed by atoms with Gasteiger partial charge in [-0.15, -0.1) is 0 Å². The predicted molar refractivity (Wildman–Crippen MR) is 90.3 cm³/mol. The third-order valence-electron chi connectivity index (χ3n) is 4.04. The van der Waals surface area contributed by atoms with Gasteiger partial charge in [-0.2, -0.15) is 0 Å². The summed E-state index contributed by atoms with van der Waals surface area (Å²) in [5.41, 5.74) is 5.45. The van der Waals surface area contributed by atoms with Crippen molar-refractivity contribution < 1.29 is 19.1 Å². The molecule has 2 rings (SSSR count). The Labute approximate surface area is 142 Å². The van der Waals surface area contributed by atoms with Gasteiger partial charge in [0.2, 0.25) is 5.91 Å². The monoisotopic (exact) mass is 335 g/mol. The van der Waals surface area contributed by atoms with E-state index in [2.05, 4.69) is 0 Å². The number of methoxy groups -OCH3 is 2. The molecule has 132 valence electrons. The van der Waals surface area contributed by atoms with E-state index in [0.717, 1.165) is 0 Å². The van der Waals surface area contributed by atoms with Crippen LogP contribution in [-0.2, 0) is 4.79 Å². The minimum atomic E-state index is -0.897. The molecule has 0 aliphatic carbocycles. The average molecular weight is 335 g/mol. The van der Waals surface area contributed by atoms with Crippen molar-refractivity contribution in [2.75, 3.05) is 40.4 Å². The summed E-state index contributed by atoms with van der Waals surface area (Å²) in [6.07, 6.45) is 0. The molecule has 1 aliphatic heterocycles. The van der Waals surface area contributed by atoms with Crippen molar-refractivity contribution in [2.45, 2.75) is 19.4 Å². The van der Waals surface area contributed by atoms with E-state index in [-0.39, 0.29) is 11.8 Å². The number of piperazine rings is 1. The lowest BCUT2D eigenvalue weighted by Crippen LogP contribution is -2.57. The number of nitrogens with zero attached hydrogens (tertiary/aromatic N) is 2. The molecule has 1 fully saturated rings. The zero-order valence-corrected chi connectivity index (χ0v) is 14.7. The SMILES string of the molecule is COc1ccc(C(=O)N2CCN(C(=O)C(C)(C)N)CC2)c(OC)c1. The fraction of sp³-hybridized carbons (Fsp3) is 0.529. The lowest BCUT2D eigenvalue weighted by Gasteiger charge is -2.37. The Kier molecular flexibility index (Phi) is 5.33. The topological polar surface area (TPSA) is 85.1 Å². The second-order valence-electron chi connectivity index (χ2n) is 6.37. The Balaban J connectivity index is 2.07. The highest BCUT2D eigenvalue weighted by Gasteiger charge is 2.32. The van der Waals surface area contributed by atoms with Crippen LogP contribution in [0, 0.1) is 0 Å². The zero-order valence-electron chi connectivity index (χ0n) is 14.7. The van der Waals surface area contributed by atoms with Gasteiger partial charge >= 0.3 is 0 Å². The molecule has 24 heavy (non-hydrogen) atoms. The highest BCUT2D eigenvalue weighted by Crippen LogP contribution is 2.26. The maximum absolute atomic E-state index is 12.7. The van der Waals surface area contributed by atoms with Gasteiger partial charge in [-0.1, -0.05) is 0 Å². The Morgan fingerprint density at radius 1 is 1.04 bits per heavy atom. The lowest BCUT2D eigenvalue weighted by molar-refractivity contribution is -0.137. The van der Waals surface area contributed by atoms with E-state index in [9.17, 15) is 9.59 Å². The molecule has 7 nitrogen and oxygen atoms in total. The summed E-state index contributed by atoms with van der Waals surface area (Å²) in [5.74, 6) is 0.884. The van der Waals surface area contributed by atoms with Gasteiger partial charge in [0.05, 0.1) is 25.3 Å². The molecule has 0 aromatic heterocycles. The minimum Gasteiger partial charge on any atom is -0.497 e. The van der Waals surface area contributed by atoms with Gasteiger partial charge in [0.1, 0.15) is 11.5 Å². The molecule has 0 unspecified atom stereocenters. The van der Waals surface area contributed by atoms with Crippen LogP contribution in [0.2, 0.25) is 0 Å². The van der Waals surface area contributed by atoms with Gasteiger partial charge in [-0.05, 0) is 26.0 Å². The quantitative estimate of drug-likeness (QED) is 0.876. The van der Waals surface area contributed by atoms with Crippen molar-refractivity contribution in [1.82, 2.24) is 9.80 Å². The first kappa shape index (κ1) is 18.1. The summed E-state index contributed by atoms with van der Waals surface area (Å²) in [6, 6.07) is 5.11. The van der Waals surface area contributed by atoms with Crippen molar-refractivity contribution in [2.24, 2.45) is 5.73 Å².